The lowest BCUT2D eigenvalue weighted by Gasteiger charge is -2.33. The first-order valence-corrected chi connectivity index (χ1v) is 6.64. The van der Waals surface area contributed by atoms with Gasteiger partial charge in [-0.2, -0.15) is 30.7 Å². The average molecular weight is 304 g/mol. The fraction of sp³-hybridized carbons (Fsp3) is 1.00. The van der Waals surface area contributed by atoms with Crippen molar-refractivity contribution in [1.82, 2.24) is 0 Å². The summed E-state index contributed by atoms with van der Waals surface area (Å²) in [7, 11) is -5.48. The van der Waals surface area contributed by atoms with Gasteiger partial charge in [-0.1, -0.05) is 6.92 Å². The van der Waals surface area contributed by atoms with E-state index in [9.17, 15) is 35.3 Å². The Balaban J connectivity index is 5.67. The van der Waals surface area contributed by atoms with Crippen LogP contribution in [0.1, 0.15) is 20.8 Å². The molecule has 0 radical (unpaired) electrons. The van der Waals surface area contributed by atoms with Gasteiger partial charge in [-0.25, -0.2) is 0 Å². The van der Waals surface area contributed by atoms with Crippen molar-refractivity contribution in [2.24, 2.45) is 0 Å². The Bertz CT molecular complexity index is 337. The third-order valence-electron chi connectivity index (χ3n) is 1.96. The Morgan fingerprint density at radius 1 is 1.06 bits per heavy atom. The zero-order valence-electron chi connectivity index (χ0n) is 9.69. The van der Waals surface area contributed by atoms with Crippen molar-refractivity contribution in [3.8, 4) is 0 Å². The Hall–Kier alpha value is -0.300. The van der Waals surface area contributed by atoms with Crippen molar-refractivity contribution in [3.63, 3.8) is 0 Å². The van der Waals surface area contributed by atoms with E-state index in [4.69, 9.17) is 0 Å². The smallest absolute Gasteiger partial charge is 0.322 e. The molecule has 110 valence electrons. The van der Waals surface area contributed by atoms with Gasteiger partial charge in [0.15, 0.2) is 0 Å². The van der Waals surface area contributed by atoms with Gasteiger partial charge in [0.1, 0.15) is 0 Å². The molecule has 0 aliphatic carbocycles. The lowest BCUT2D eigenvalue weighted by molar-refractivity contribution is -0.334. The molecule has 0 aromatic heterocycles. The van der Waals surface area contributed by atoms with E-state index in [1.807, 2.05) is 0 Å². The van der Waals surface area contributed by atoms with Gasteiger partial charge in [0.25, 0.3) is 7.37 Å². The first-order chi connectivity index (χ1) is 7.73. The highest BCUT2D eigenvalue weighted by molar-refractivity contribution is 7.60. The molecule has 0 spiro atoms. The Kier molecular flexibility index (Phi) is 4.91. The molecule has 0 aromatic rings. The fourth-order valence-corrected chi connectivity index (χ4v) is 2.98. The highest BCUT2D eigenvalue weighted by Gasteiger charge is 2.79. The molecule has 0 aliphatic rings. The second-order valence-electron chi connectivity index (χ2n) is 3.76. The normalized spacial score (nSPS) is 17.9. The first kappa shape index (κ1) is 17.7. The average Bonchev–Trinajstić information content (AvgIpc) is 2.14. The van der Waals surface area contributed by atoms with Crippen molar-refractivity contribution >= 4 is 7.37 Å². The van der Waals surface area contributed by atoms with Gasteiger partial charge in [0.05, 0.1) is 6.10 Å². The molecule has 0 saturated heterocycles. The minimum atomic E-state index is -6.51. The fourth-order valence-electron chi connectivity index (χ4n) is 1.06. The molecule has 0 rings (SSSR count). The summed E-state index contributed by atoms with van der Waals surface area (Å²) in [5, 5.41) is 0. The third-order valence-corrected chi connectivity index (χ3v) is 4.69. The van der Waals surface area contributed by atoms with Crippen molar-refractivity contribution < 1.29 is 39.8 Å². The molecular formula is C8H12F7O2P. The Morgan fingerprint density at radius 2 is 1.44 bits per heavy atom. The lowest BCUT2D eigenvalue weighted by atomic mass is 10.3. The van der Waals surface area contributed by atoms with Crippen molar-refractivity contribution in [2.75, 3.05) is 6.16 Å². The zero-order chi connectivity index (χ0) is 15.0. The maximum absolute atomic E-state index is 13.2. The first-order valence-electron chi connectivity index (χ1n) is 4.83. The summed E-state index contributed by atoms with van der Waals surface area (Å²) in [5.74, 6) is -6.42. The van der Waals surface area contributed by atoms with Crippen LogP contribution in [0.2, 0.25) is 0 Å². The van der Waals surface area contributed by atoms with Crippen LogP contribution in [0.4, 0.5) is 30.7 Å². The Morgan fingerprint density at radius 3 is 1.67 bits per heavy atom. The molecule has 0 fully saturated rings. The molecular weight excluding hydrogens is 292 g/mol. The van der Waals surface area contributed by atoms with Gasteiger partial charge >= 0.3 is 17.8 Å². The van der Waals surface area contributed by atoms with Gasteiger partial charge in [-0.05, 0) is 13.8 Å². The predicted molar refractivity (Wildman–Crippen MR) is 50.3 cm³/mol. The van der Waals surface area contributed by atoms with E-state index in [1.54, 1.807) is 0 Å². The molecule has 0 aromatic carbocycles. The van der Waals surface area contributed by atoms with Crippen LogP contribution in [-0.2, 0) is 9.09 Å². The van der Waals surface area contributed by atoms with Crippen LogP contribution in [0, 0.1) is 0 Å². The zero-order valence-corrected chi connectivity index (χ0v) is 10.6. The quantitative estimate of drug-likeness (QED) is 0.552. The molecule has 2 nitrogen and oxygen atoms in total. The van der Waals surface area contributed by atoms with E-state index in [0.717, 1.165) is 20.8 Å². The molecule has 18 heavy (non-hydrogen) atoms. The molecule has 0 amide bonds. The van der Waals surface area contributed by atoms with Crippen LogP contribution in [0.25, 0.3) is 0 Å². The van der Waals surface area contributed by atoms with Crippen LogP contribution in [0.3, 0.4) is 0 Å². The largest absolute Gasteiger partial charge is 0.460 e. The number of alkyl halides is 7. The Labute approximate surface area is 98.9 Å². The summed E-state index contributed by atoms with van der Waals surface area (Å²) >= 11 is 0. The van der Waals surface area contributed by atoms with E-state index in [-0.39, 0.29) is 0 Å². The van der Waals surface area contributed by atoms with Gasteiger partial charge in [-0.3, -0.25) is 4.57 Å². The minimum Gasteiger partial charge on any atom is -0.322 e. The lowest BCUT2D eigenvalue weighted by Crippen LogP contribution is -2.52. The maximum atomic E-state index is 13.2. The molecule has 0 N–H and O–H groups in total. The van der Waals surface area contributed by atoms with Gasteiger partial charge in [-0.15, -0.1) is 0 Å². The second-order valence-corrected chi connectivity index (χ2v) is 6.51. The molecule has 0 bridgehead atoms. The summed E-state index contributed by atoms with van der Waals surface area (Å²) < 4.78 is 103. The third kappa shape index (κ3) is 2.82. The highest BCUT2D eigenvalue weighted by atomic mass is 31.2. The number of hydrogen-bond acceptors (Lipinski definition) is 2. The maximum Gasteiger partial charge on any atom is 0.460 e. The van der Waals surface area contributed by atoms with Crippen LogP contribution in [0.15, 0.2) is 0 Å². The summed E-state index contributed by atoms with van der Waals surface area (Å²) in [6.45, 7) is 3.00. The van der Waals surface area contributed by atoms with Crippen LogP contribution in [0.5, 0.6) is 0 Å². The van der Waals surface area contributed by atoms with Gasteiger partial charge < -0.3 is 4.52 Å². The van der Waals surface area contributed by atoms with E-state index in [1.165, 1.54) is 0 Å². The summed E-state index contributed by atoms with van der Waals surface area (Å²) in [6.07, 6.45) is -8.82. The van der Waals surface area contributed by atoms with E-state index in [0.29, 0.717) is 0 Å². The monoisotopic (exact) mass is 304 g/mol. The van der Waals surface area contributed by atoms with Crippen molar-refractivity contribution in [2.45, 2.75) is 44.6 Å². The minimum absolute atomic E-state index is 0.795. The van der Waals surface area contributed by atoms with E-state index in [2.05, 4.69) is 4.52 Å². The predicted octanol–water partition coefficient (Wildman–Crippen LogP) is 4.50. The molecule has 0 heterocycles. The summed E-state index contributed by atoms with van der Waals surface area (Å²) in [6, 6.07) is 0. The summed E-state index contributed by atoms with van der Waals surface area (Å²) in [5.41, 5.74) is -5.81. The molecule has 0 saturated carbocycles. The van der Waals surface area contributed by atoms with E-state index >= 15 is 0 Å². The summed E-state index contributed by atoms with van der Waals surface area (Å²) in [4.78, 5) is 0. The van der Waals surface area contributed by atoms with E-state index < -0.39 is 37.4 Å². The van der Waals surface area contributed by atoms with Crippen molar-refractivity contribution in [1.29, 1.82) is 0 Å². The van der Waals surface area contributed by atoms with Gasteiger partial charge in [0.2, 0.25) is 0 Å². The van der Waals surface area contributed by atoms with Crippen molar-refractivity contribution in [3.05, 3.63) is 0 Å². The number of halogens is 7. The van der Waals surface area contributed by atoms with Gasteiger partial charge in [0, 0.05) is 6.16 Å². The standard InChI is InChI=1S/C8H12F7O2P/c1-4-18(16,17-5(2)3)8(14,15)6(9,10)7(11,12)13/h5H,4H2,1-3H3. The molecule has 10 heteroatoms. The van der Waals surface area contributed by atoms with Crippen LogP contribution < -0.4 is 0 Å². The van der Waals surface area contributed by atoms with Crippen LogP contribution in [-0.4, -0.2) is 30.0 Å². The topological polar surface area (TPSA) is 26.3 Å². The number of rotatable bonds is 5. The van der Waals surface area contributed by atoms with Crippen LogP contribution >= 0.6 is 7.37 Å². The highest BCUT2D eigenvalue weighted by Crippen LogP contribution is 2.69. The molecule has 1 atom stereocenters. The SMILES string of the molecule is CCP(=O)(OC(C)C)C(F)(F)C(F)(F)C(F)(F)F. The second kappa shape index (κ2) is 5.00. The number of hydrogen-bond donors (Lipinski definition) is 0. The molecule has 1 unspecified atom stereocenters. The molecule has 0 aliphatic heterocycles.